The number of carbonyl (C=O) groups is 2. The van der Waals surface area contributed by atoms with E-state index < -0.39 is 28.6 Å². The molecular formula is C21H28N4O7. The molecule has 0 saturated heterocycles. The summed E-state index contributed by atoms with van der Waals surface area (Å²) in [6.07, 6.45) is -0.823. The quantitative estimate of drug-likeness (QED) is 0.463. The van der Waals surface area contributed by atoms with Gasteiger partial charge in [-0.25, -0.2) is 9.59 Å². The second-order valence-electron chi connectivity index (χ2n) is 8.32. The number of rotatable bonds is 8. The lowest BCUT2D eigenvalue weighted by Gasteiger charge is -2.22. The van der Waals surface area contributed by atoms with Crippen LogP contribution in [0.2, 0.25) is 0 Å². The van der Waals surface area contributed by atoms with Gasteiger partial charge in [-0.15, -0.1) is 0 Å². The van der Waals surface area contributed by atoms with E-state index in [4.69, 9.17) is 9.47 Å². The Morgan fingerprint density at radius 3 is 2.47 bits per heavy atom. The molecule has 0 bridgehead atoms. The maximum absolute atomic E-state index is 12.0. The van der Waals surface area contributed by atoms with Crippen LogP contribution in [0.5, 0.6) is 5.75 Å². The number of carboxylic acid groups (broad SMARTS) is 1. The predicted octanol–water partition coefficient (Wildman–Crippen LogP) is 2.99. The summed E-state index contributed by atoms with van der Waals surface area (Å²) in [7, 11) is 1.49. The lowest BCUT2D eigenvalue weighted by Crippen LogP contribution is -2.44. The number of benzene rings is 1. The minimum absolute atomic E-state index is 0.00281. The number of carboxylic acids is 1. The molecule has 174 valence electrons. The van der Waals surface area contributed by atoms with Gasteiger partial charge in [0, 0.05) is 12.0 Å². The van der Waals surface area contributed by atoms with Crippen molar-refractivity contribution in [2.75, 3.05) is 7.11 Å². The number of carbonyl (C=O) groups excluding carboxylic acids is 1. The Bertz CT molecular complexity index is 1020. The number of ether oxygens (including phenoxy) is 2. The Kier molecular flexibility index (Phi) is 7.44. The fourth-order valence-corrected chi connectivity index (χ4v) is 3.24. The molecule has 1 aromatic carbocycles. The third-order valence-electron chi connectivity index (χ3n) is 4.62. The second kappa shape index (κ2) is 9.67. The molecule has 1 heterocycles. The SMILES string of the molecule is COc1ccc(CC(NC(=O)OC(C)(C)C)C(=O)O)cc1Cn1nc(C)c([N+](=O)[O-])c1C. The average molecular weight is 448 g/mol. The number of nitrogens with one attached hydrogen (secondary N) is 1. The normalized spacial score (nSPS) is 12.2. The molecule has 2 N–H and O–H groups in total. The monoisotopic (exact) mass is 448 g/mol. The summed E-state index contributed by atoms with van der Waals surface area (Å²) in [5.74, 6) is -0.682. The van der Waals surface area contributed by atoms with Crippen LogP contribution < -0.4 is 10.1 Å². The molecule has 0 radical (unpaired) electrons. The van der Waals surface area contributed by atoms with E-state index in [9.17, 15) is 24.8 Å². The Hall–Kier alpha value is -3.63. The van der Waals surface area contributed by atoms with Crippen molar-refractivity contribution >= 4 is 17.7 Å². The summed E-state index contributed by atoms with van der Waals surface area (Å²) in [4.78, 5) is 34.5. The van der Waals surface area contributed by atoms with Gasteiger partial charge < -0.3 is 19.9 Å². The molecule has 1 atom stereocenters. The third-order valence-corrected chi connectivity index (χ3v) is 4.62. The molecule has 0 fully saturated rings. The van der Waals surface area contributed by atoms with Gasteiger partial charge >= 0.3 is 17.7 Å². The van der Waals surface area contributed by atoms with Gasteiger partial charge in [-0.1, -0.05) is 12.1 Å². The fraction of sp³-hybridized carbons (Fsp3) is 0.476. The number of nitrogens with zero attached hydrogens (tertiary/aromatic N) is 3. The Morgan fingerprint density at radius 2 is 1.97 bits per heavy atom. The van der Waals surface area contributed by atoms with E-state index >= 15 is 0 Å². The van der Waals surface area contributed by atoms with Gasteiger partial charge in [0.25, 0.3) is 0 Å². The summed E-state index contributed by atoms with van der Waals surface area (Å²) in [5.41, 5.74) is 1.17. The second-order valence-corrected chi connectivity index (χ2v) is 8.32. The number of aryl methyl sites for hydroxylation is 1. The first-order valence-corrected chi connectivity index (χ1v) is 9.89. The van der Waals surface area contributed by atoms with Gasteiger partial charge in [0.2, 0.25) is 0 Å². The minimum Gasteiger partial charge on any atom is -0.496 e. The van der Waals surface area contributed by atoms with Crippen LogP contribution in [0, 0.1) is 24.0 Å². The van der Waals surface area contributed by atoms with E-state index in [1.54, 1.807) is 52.8 Å². The molecule has 0 aliphatic heterocycles. The largest absolute Gasteiger partial charge is 0.496 e. The maximum atomic E-state index is 12.0. The van der Waals surface area contributed by atoms with E-state index in [-0.39, 0.29) is 18.7 Å². The molecule has 32 heavy (non-hydrogen) atoms. The molecule has 11 nitrogen and oxygen atoms in total. The molecule has 0 aliphatic rings. The highest BCUT2D eigenvalue weighted by molar-refractivity contribution is 5.80. The number of hydrogen-bond donors (Lipinski definition) is 2. The zero-order valence-corrected chi connectivity index (χ0v) is 19.0. The Labute approximate surface area is 185 Å². The molecule has 1 aromatic heterocycles. The smallest absolute Gasteiger partial charge is 0.408 e. The van der Waals surface area contributed by atoms with Crippen molar-refractivity contribution in [1.82, 2.24) is 15.1 Å². The molecule has 2 rings (SSSR count). The van der Waals surface area contributed by atoms with Crippen LogP contribution in [0.15, 0.2) is 18.2 Å². The van der Waals surface area contributed by atoms with Crippen molar-refractivity contribution < 1.29 is 29.1 Å². The van der Waals surface area contributed by atoms with Crippen LogP contribution in [0.25, 0.3) is 0 Å². The number of hydrogen-bond acceptors (Lipinski definition) is 7. The van der Waals surface area contributed by atoms with Gasteiger partial charge in [0.05, 0.1) is 18.6 Å². The number of methoxy groups -OCH3 is 1. The van der Waals surface area contributed by atoms with Crippen LogP contribution in [0.3, 0.4) is 0 Å². The van der Waals surface area contributed by atoms with Crippen LogP contribution in [-0.4, -0.2) is 50.6 Å². The third kappa shape index (κ3) is 6.19. The number of amides is 1. The zero-order valence-electron chi connectivity index (χ0n) is 19.0. The maximum Gasteiger partial charge on any atom is 0.408 e. The lowest BCUT2D eigenvalue weighted by molar-refractivity contribution is -0.386. The van der Waals surface area contributed by atoms with E-state index in [1.165, 1.54) is 11.8 Å². The van der Waals surface area contributed by atoms with Crippen LogP contribution >= 0.6 is 0 Å². The summed E-state index contributed by atoms with van der Waals surface area (Å²) >= 11 is 0. The average Bonchev–Trinajstić information content (AvgIpc) is 2.93. The highest BCUT2D eigenvalue weighted by Gasteiger charge is 2.25. The number of alkyl carbamates (subject to hydrolysis) is 1. The topological polar surface area (TPSA) is 146 Å². The first kappa shape index (κ1) is 24.6. The molecule has 0 aliphatic carbocycles. The van der Waals surface area contributed by atoms with Gasteiger partial charge in [0.15, 0.2) is 0 Å². The summed E-state index contributed by atoms with van der Waals surface area (Å²) in [6.45, 7) is 8.41. The van der Waals surface area contributed by atoms with E-state index in [0.717, 1.165) is 0 Å². The molecule has 1 unspecified atom stereocenters. The van der Waals surface area contributed by atoms with E-state index in [1.807, 2.05) is 0 Å². The van der Waals surface area contributed by atoms with Crippen LogP contribution in [0.1, 0.15) is 43.3 Å². The summed E-state index contributed by atoms with van der Waals surface area (Å²) < 4.78 is 12.0. The Balaban J connectivity index is 2.29. The van der Waals surface area contributed by atoms with Crippen molar-refractivity contribution in [3.05, 3.63) is 50.8 Å². The highest BCUT2D eigenvalue weighted by atomic mass is 16.6. The first-order valence-electron chi connectivity index (χ1n) is 9.89. The van der Waals surface area contributed by atoms with Crippen LogP contribution in [-0.2, 0) is 22.5 Å². The standard InChI is InChI=1S/C21H28N4O7/c1-12-18(25(29)30)13(2)24(23-12)11-15-9-14(7-8-17(15)31-6)10-16(19(26)27)22-20(28)32-21(3,4)5/h7-9,16H,10-11H2,1-6H3,(H,22,28)(H,26,27). The number of nitro groups is 1. The minimum atomic E-state index is -1.21. The molecule has 0 saturated carbocycles. The molecule has 2 aromatic rings. The first-order chi connectivity index (χ1) is 14.8. The summed E-state index contributed by atoms with van der Waals surface area (Å²) in [5, 5.41) is 27.4. The predicted molar refractivity (Wildman–Crippen MR) is 115 cm³/mol. The van der Waals surface area contributed by atoms with Gasteiger partial charge in [-0.2, -0.15) is 5.10 Å². The fourth-order valence-electron chi connectivity index (χ4n) is 3.24. The van der Waals surface area contributed by atoms with E-state index in [2.05, 4.69) is 10.4 Å². The van der Waals surface area contributed by atoms with Gasteiger partial charge in [-0.05, 0) is 46.2 Å². The summed E-state index contributed by atoms with van der Waals surface area (Å²) in [6, 6.07) is 3.89. The lowest BCUT2D eigenvalue weighted by atomic mass is 10.0. The van der Waals surface area contributed by atoms with Crippen LogP contribution in [0.4, 0.5) is 10.5 Å². The van der Waals surface area contributed by atoms with Crippen molar-refractivity contribution in [2.24, 2.45) is 0 Å². The van der Waals surface area contributed by atoms with Gasteiger partial charge in [-0.3, -0.25) is 14.8 Å². The molecule has 1 amide bonds. The number of aliphatic carboxylic acids is 1. The Morgan fingerprint density at radius 1 is 1.31 bits per heavy atom. The van der Waals surface area contributed by atoms with E-state index in [0.29, 0.717) is 28.3 Å². The highest BCUT2D eigenvalue weighted by Crippen LogP contribution is 2.26. The molecular weight excluding hydrogens is 420 g/mol. The molecule has 0 spiro atoms. The molecule has 11 heteroatoms. The number of aromatic nitrogens is 2. The van der Waals surface area contributed by atoms with Crippen molar-refractivity contribution in [3.63, 3.8) is 0 Å². The van der Waals surface area contributed by atoms with Crippen molar-refractivity contribution in [3.8, 4) is 5.75 Å². The van der Waals surface area contributed by atoms with Crippen molar-refractivity contribution in [1.29, 1.82) is 0 Å². The zero-order chi connectivity index (χ0) is 24.2. The van der Waals surface area contributed by atoms with Crippen molar-refractivity contribution in [2.45, 2.75) is 59.2 Å². The van der Waals surface area contributed by atoms with Gasteiger partial charge in [0.1, 0.15) is 28.8 Å².